The highest BCUT2D eigenvalue weighted by atomic mass is 16.7. The average Bonchev–Trinajstić information content (AvgIpc) is 2.39. The summed E-state index contributed by atoms with van der Waals surface area (Å²) in [6, 6.07) is 8.72. The van der Waals surface area contributed by atoms with Gasteiger partial charge >= 0.3 is 0 Å². The monoisotopic (exact) mass is 250 g/mol. The van der Waals surface area contributed by atoms with E-state index in [0.717, 1.165) is 0 Å². The Morgan fingerprint density at radius 2 is 1.61 bits per heavy atom. The van der Waals surface area contributed by atoms with Gasteiger partial charge in [-0.25, -0.2) is 0 Å². The van der Waals surface area contributed by atoms with E-state index in [-0.39, 0.29) is 18.0 Å². The first-order chi connectivity index (χ1) is 8.69. The van der Waals surface area contributed by atoms with E-state index in [9.17, 15) is 9.59 Å². The van der Waals surface area contributed by atoms with E-state index in [1.807, 2.05) is 6.07 Å². The van der Waals surface area contributed by atoms with Gasteiger partial charge in [-0.1, -0.05) is 30.3 Å². The number of ether oxygens (including phenoxy) is 2. The first kappa shape index (κ1) is 14.5. The summed E-state index contributed by atoms with van der Waals surface area (Å²) in [4.78, 5) is 23.7. The Bertz CT molecular complexity index is 380. The molecule has 0 saturated heterocycles. The smallest absolute Gasteiger partial charge is 0.218 e. The van der Waals surface area contributed by atoms with Crippen molar-refractivity contribution < 1.29 is 19.1 Å². The largest absolute Gasteiger partial charge is 0.346 e. The highest BCUT2D eigenvalue weighted by molar-refractivity contribution is 6.08. The maximum absolute atomic E-state index is 11.8. The second-order valence-corrected chi connectivity index (χ2v) is 3.67. The molecule has 98 valence electrons. The molecular formula is C14H18O4. The fourth-order valence-electron chi connectivity index (χ4n) is 1.50. The minimum Gasteiger partial charge on any atom is -0.346 e. The number of carbonyl (C=O) groups is 2. The third-order valence-corrected chi connectivity index (χ3v) is 2.33. The second-order valence-electron chi connectivity index (χ2n) is 3.67. The summed E-state index contributed by atoms with van der Waals surface area (Å²) in [6.07, 6.45) is -1.14. The van der Waals surface area contributed by atoms with E-state index in [1.165, 1.54) is 0 Å². The molecule has 1 aromatic rings. The zero-order valence-electron chi connectivity index (χ0n) is 10.7. The molecule has 0 radical (unpaired) electrons. The lowest BCUT2D eigenvalue weighted by molar-refractivity contribution is -0.166. The van der Waals surface area contributed by atoms with Crippen LogP contribution >= 0.6 is 0 Å². The number of benzene rings is 1. The summed E-state index contributed by atoms with van der Waals surface area (Å²) < 4.78 is 10.3. The van der Waals surface area contributed by atoms with Crippen LogP contribution in [0.3, 0.4) is 0 Å². The van der Waals surface area contributed by atoms with Gasteiger partial charge in [0, 0.05) is 18.8 Å². The molecule has 18 heavy (non-hydrogen) atoms. The molecule has 1 rings (SSSR count). The molecule has 0 amide bonds. The molecule has 0 fully saturated rings. The molecule has 0 saturated carbocycles. The molecule has 0 bridgehead atoms. The molecule has 0 spiro atoms. The molecule has 0 heterocycles. The lowest BCUT2D eigenvalue weighted by Crippen LogP contribution is -2.29. The predicted octanol–water partition coefficient (Wildman–Crippen LogP) is 2.23. The molecule has 4 heteroatoms. The Morgan fingerprint density at radius 3 is 2.11 bits per heavy atom. The first-order valence-electron chi connectivity index (χ1n) is 6.03. The fourth-order valence-corrected chi connectivity index (χ4v) is 1.50. The van der Waals surface area contributed by atoms with Crippen molar-refractivity contribution in [2.75, 3.05) is 13.2 Å². The van der Waals surface area contributed by atoms with E-state index in [0.29, 0.717) is 18.8 Å². The van der Waals surface area contributed by atoms with Gasteiger partial charge in [0.05, 0.1) is 6.42 Å². The van der Waals surface area contributed by atoms with E-state index in [1.54, 1.807) is 38.1 Å². The topological polar surface area (TPSA) is 52.6 Å². The zero-order chi connectivity index (χ0) is 13.4. The van der Waals surface area contributed by atoms with Crippen LogP contribution in [-0.4, -0.2) is 31.1 Å². The standard InChI is InChI=1S/C14H18O4/c1-3-17-14(18-4-2)13(16)10-12(15)11-8-6-5-7-9-11/h5-9,14H,3-4,10H2,1-2H3. The number of rotatable bonds is 8. The van der Waals surface area contributed by atoms with Crippen molar-refractivity contribution in [3.8, 4) is 0 Å². The van der Waals surface area contributed by atoms with Crippen LogP contribution in [0.15, 0.2) is 30.3 Å². The van der Waals surface area contributed by atoms with Crippen molar-refractivity contribution in [3.05, 3.63) is 35.9 Å². The van der Waals surface area contributed by atoms with E-state index in [2.05, 4.69) is 0 Å². The van der Waals surface area contributed by atoms with Gasteiger partial charge in [-0.15, -0.1) is 0 Å². The average molecular weight is 250 g/mol. The molecule has 0 aliphatic carbocycles. The van der Waals surface area contributed by atoms with Gasteiger partial charge in [0.25, 0.3) is 0 Å². The predicted molar refractivity (Wildman–Crippen MR) is 67.4 cm³/mol. The summed E-state index contributed by atoms with van der Waals surface area (Å²) in [6.45, 7) is 4.29. The van der Waals surface area contributed by atoms with Crippen molar-refractivity contribution >= 4 is 11.6 Å². The molecule has 4 nitrogen and oxygen atoms in total. The lowest BCUT2D eigenvalue weighted by atomic mass is 10.1. The van der Waals surface area contributed by atoms with Crippen LogP contribution in [0.4, 0.5) is 0 Å². The third kappa shape index (κ3) is 4.39. The Kier molecular flexibility index (Phi) is 6.25. The highest BCUT2D eigenvalue weighted by Crippen LogP contribution is 2.07. The first-order valence-corrected chi connectivity index (χ1v) is 6.03. The van der Waals surface area contributed by atoms with E-state index in [4.69, 9.17) is 9.47 Å². The molecule has 0 aliphatic rings. The maximum Gasteiger partial charge on any atom is 0.218 e. The molecule has 0 N–H and O–H groups in total. The third-order valence-electron chi connectivity index (χ3n) is 2.33. The SMILES string of the molecule is CCOC(OCC)C(=O)CC(=O)c1ccccc1. The summed E-state index contributed by atoms with van der Waals surface area (Å²) in [7, 11) is 0. The molecule has 0 unspecified atom stereocenters. The molecule has 0 aliphatic heterocycles. The Balaban J connectivity index is 2.60. The van der Waals surface area contributed by atoms with Crippen molar-refractivity contribution in [1.29, 1.82) is 0 Å². The van der Waals surface area contributed by atoms with Crippen LogP contribution in [0.2, 0.25) is 0 Å². The zero-order valence-corrected chi connectivity index (χ0v) is 10.7. The normalized spacial score (nSPS) is 10.6. The number of hydrogen-bond donors (Lipinski definition) is 0. The molecule has 1 aromatic carbocycles. The van der Waals surface area contributed by atoms with Crippen LogP contribution in [0.1, 0.15) is 30.6 Å². The van der Waals surface area contributed by atoms with Crippen LogP contribution in [0.25, 0.3) is 0 Å². The molecule has 0 atom stereocenters. The van der Waals surface area contributed by atoms with Crippen molar-refractivity contribution in [1.82, 2.24) is 0 Å². The number of carbonyl (C=O) groups excluding carboxylic acids is 2. The van der Waals surface area contributed by atoms with Gasteiger partial charge in [-0.2, -0.15) is 0 Å². The van der Waals surface area contributed by atoms with Crippen LogP contribution in [0.5, 0.6) is 0 Å². The minimum absolute atomic E-state index is 0.200. The number of hydrogen-bond acceptors (Lipinski definition) is 4. The lowest BCUT2D eigenvalue weighted by Gasteiger charge is -2.15. The van der Waals surface area contributed by atoms with E-state index >= 15 is 0 Å². The van der Waals surface area contributed by atoms with Crippen LogP contribution in [0, 0.1) is 0 Å². The van der Waals surface area contributed by atoms with Gasteiger partial charge in [0.2, 0.25) is 6.29 Å². The van der Waals surface area contributed by atoms with Crippen LogP contribution < -0.4 is 0 Å². The minimum atomic E-state index is -0.937. The summed E-state index contributed by atoms with van der Waals surface area (Å²) in [5, 5.41) is 0. The van der Waals surface area contributed by atoms with E-state index < -0.39 is 6.29 Å². The van der Waals surface area contributed by atoms with Crippen LogP contribution in [-0.2, 0) is 14.3 Å². The number of ketones is 2. The molecular weight excluding hydrogens is 232 g/mol. The van der Waals surface area contributed by atoms with Gasteiger partial charge in [0.1, 0.15) is 0 Å². The molecule has 0 aromatic heterocycles. The van der Waals surface area contributed by atoms with Crippen molar-refractivity contribution in [3.63, 3.8) is 0 Å². The Morgan fingerprint density at radius 1 is 1.06 bits per heavy atom. The van der Waals surface area contributed by atoms with Crippen molar-refractivity contribution in [2.24, 2.45) is 0 Å². The maximum atomic E-state index is 11.8. The summed E-state index contributed by atoms with van der Waals surface area (Å²) in [5.74, 6) is -0.558. The summed E-state index contributed by atoms with van der Waals surface area (Å²) >= 11 is 0. The van der Waals surface area contributed by atoms with Gasteiger partial charge < -0.3 is 9.47 Å². The van der Waals surface area contributed by atoms with Gasteiger partial charge in [-0.05, 0) is 13.8 Å². The quantitative estimate of drug-likeness (QED) is 0.403. The summed E-state index contributed by atoms with van der Waals surface area (Å²) in [5.41, 5.74) is 0.526. The number of Topliss-reactive ketones (excluding diaryl/α,β-unsaturated/α-hetero) is 2. The second kappa shape index (κ2) is 7.74. The van der Waals surface area contributed by atoms with Gasteiger partial charge in [-0.3, -0.25) is 9.59 Å². The Hall–Kier alpha value is -1.52. The fraction of sp³-hybridized carbons (Fsp3) is 0.429. The van der Waals surface area contributed by atoms with Gasteiger partial charge in [0.15, 0.2) is 11.6 Å². The Labute approximate surface area is 107 Å². The van der Waals surface area contributed by atoms with Crippen molar-refractivity contribution in [2.45, 2.75) is 26.6 Å². The highest BCUT2D eigenvalue weighted by Gasteiger charge is 2.22.